The highest BCUT2D eigenvalue weighted by molar-refractivity contribution is 6.30. The number of fused-ring (bicyclic) bond motifs is 2. The molecule has 0 aromatic heterocycles. The number of benzene rings is 2. The van der Waals surface area contributed by atoms with E-state index in [0.717, 1.165) is 31.6 Å². The van der Waals surface area contributed by atoms with Gasteiger partial charge in [-0.15, -0.1) is 0 Å². The maximum Gasteiger partial charge on any atom is 0.319 e. The highest BCUT2D eigenvalue weighted by Gasteiger charge is 2.35. The molecule has 0 aliphatic carbocycles. The predicted molar refractivity (Wildman–Crippen MR) is 125 cm³/mol. The molecule has 2 aromatic carbocycles. The number of urea groups is 1. The van der Waals surface area contributed by atoms with E-state index >= 15 is 4.39 Å². The fraction of sp³-hybridized carbons (Fsp3) is 0.417. The molecule has 3 fully saturated rings. The number of piperidine rings is 1. The van der Waals surface area contributed by atoms with Gasteiger partial charge >= 0.3 is 6.03 Å². The van der Waals surface area contributed by atoms with Crippen LogP contribution >= 0.6 is 11.6 Å². The van der Waals surface area contributed by atoms with Crippen LogP contribution in [0.2, 0.25) is 5.02 Å². The number of hydrogen-bond donors (Lipinski definition) is 2. The lowest BCUT2D eigenvalue weighted by atomic mass is 10.0. The zero-order valence-electron chi connectivity index (χ0n) is 18.1. The molecule has 7 nitrogen and oxygen atoms in total. The summed E-state index contributed by atoms with van der Waals surface area (Å²) in [6, 6.07) is 10.5. The summed E-state index contributed by atoms with van der Waals surface area (Å²) in [4.78, 5) is 29.0. The Morgan fingerprint density at radius 1 is 1.06 bits per heavy atom. The van der Waals surface area contributed by atoms with E-state index in [1.807, 2.05) is 6.07 Å². The monoisotopic (exact) mass is 472 g/mol. The van der Waals surface area contributed by atoms with Crippen molar-refractivity contribution >= 4 is 40.6 Å². The summed E-state index contributed by atoms with van der Waals surface area (Å²) >= 11 is 5.86. The van der Waals surface area contributed by atoms with E-state index in [4.69, 9.17) is 16.3 Å². The van der Waals surface area contributed by atoms with Crippen molar-refractivity contribution in [3.8, 4) is 0 Å². The van der Waals surface area contributed by atoms with Crippen molar-refractivity contribution in [3.63, 3.8) is 0 Å². The normalized spacial score (nSPS) is 24.7. The molecule has 2 aromatic rings. The fourth-order valence-corrected chi connectivity index (χ4v) is 4.97. The van der Waals surface area contributed by atoms with Crippen LogP contribution in [-0.2, 0) is 9.53 Å². The Hall–Kier alpha value is -2.84. The zero-order valence-corrected chi connectivity index (χ0v) is 18.9. The van der Waals surface area contributed by atoms with E-state index in [9.17, 15) is 9.59 Å². The molecule has 3 aliphatic heterocycles. The van der Waals surface area contributed by atoms with Crippen molar-refractivity contribution in [3.05, 3.63) is 53.3 Å². The van der Waals surface area contributed by atoms with Crippen molar-refractivity contribution in [2.24, 2.45) is 0 Å². The third-order valence-electron chi connectivity index (χ3n) is 6.48. The Balaban J connectivity index is 1.25. The second kappa shape index (κ2) is 9.19. The van der Waals surface area contributed by atoms with Crippen LogP contribution in [0.3, 0.4) is 0 Å². The molecule has 5 rings (SSSR count). The van der Waals surface area contributed by atoms with Gasteiger partial charge in [0, 0.05) is 36.0 Å². The second-order valence-corrected chi connectivity index (χ2v) is 9.22. The molecule has 0 spiro atoms. The van der Waals surface area contributed by atoms with E-state index in [0.29, 0.717) is 30.1 Å². The Bertz CT molecular complexity index is 1040. The van der Waals surface area contributed by atoms with Crippen LogP contribution in [0, 0.1) is 5.82 Å². The second-order valence-electron chi connectivity index (χ2n) is 8.79. The summed E-state index contributed by atoms with van der Waals surface area (Å²) in [5, 5.41) is 5.96. The first-order valence-corrected chi connectivity index (χ1v) is 11.7. The number of halogens is 2. The Kier molecular flexibility index (Phi) is 6.12. The van der Waals surface area contributed by atoms with Gasteiger partial charge in [-0.05, 0) is 68.1 Å². The molecule has 3 heterocycles. The van der Waals surface area contributed by atoms with Crippen molar-refractivity contribution in [1.29, 1.82) is 0 Å². The van der Waals surface area contributed by atoms with Crippen molar-refractivity contribution < 1.29 is 18.7 Å². The number of anilines is 3. The molecular formula is C24H26ClFN4O3. The lowest BCUT2D eigenvalue weighted by Crippen LogP contribution is -2.53. The molecule has 3 amide bonds. The standard InChI is InChI=1S/C24H26ClFN4O3/c25-15-3-5-16(6-4-15)27-24(32)28-21-2-1-11-30(23(21)31)22-10-7-17(12-20(22)26)29-13-18-8-9-19(14-29)33-18/h3-7,10,12,18-19,21H,1-2,8-9,11,13-14H2,(H2,27,28,32)/t18-,19+,21-/m1/s1. The smallest absolute Gasteiger partial charge is 0.319 e. The van der Waals surface area contributed by atoms with Crippen LogP contribution < -0.4 is 20.4 Å². The number of carbonyl (C=O) groups excluding carboxylic acids is 2. The first kappa shape index (κ1) is 22.0. The minimum Gasteiger partial charge on any atom is -0.371 e. The highest BCUT2D eigenvalue weighted by atomic mass is 35.5. The van der Waals surface area contributed by atoms with Crippen molar-refractivity contribution in [1.82, 2.24) is 5.32 Å². The van der Waals surface area contributed by atoms with Crippen LogP contribution in [0.25, 0.3) is 0 Å². The largest absolute Gasteiger partial charge is 0.371 e. The highest BCUT2D eigenvalue weighted by Crippen LogP contribution is 2.32. The third kappa shape index (κ3) is 4.77. The Morgan fingerprint density at radius 2 is 1.79 bits per heavy atom. The number of nitrogens with one attached hydrogen (secondary N) is 2. The molecule has 174 valence electrons. The number of rotatable bonds is 4. The van der Waals surface area contributed by atoms with Gasteiger partial charge in [0.2, 0.25) is 5.91 Å². The average molecular weight is 473 g/mol. The Morgan fingerprint density at radius 3 is 2.48 bits per heavy atom. The molecule has 3 atom stereocenters. The van der Waals surface area contributed by atoms with E-state index in [1.54, 1.807) is 30.3 Å². The first-order valence-electron chi connectivity index (χ1n) is 11.3. The van der Waals surface area contributed by atoms with Gasteiger partial charge < -0.3 is 25.2 Å². The summed E-state index contributed by atoms with van der Waals surface area (Å²) in [5.74, 6) is -0.755. The maximum absolute atomic E-state index is 15.1. The number of ether oxygens (including phenoxy) is 1. The summed E-state index contributed by atoms with van der Waals surface area (Å²) in [7, 11) is 0. The summed E-state index contributed by atoms with van der Waals surface area (Å²) in [6.07, 6.45) is 3.67. The third-order valence-corrected chi connectivity index (χ3v) is 6.73. The maximum atomic E-state index is 15.1. The number of hydrogen-bond acceptors (Lipinski definition) is 4. The minimum atomic E-state index is -0.722. The molecule has 0 unspecified atom stereocenters. The van der Waals surface area contributed by atoms with Crippen LogP contribution in [0.15, 0.2) is 42.5 Å². The van der Waals surface area contributed by atoms with Crippen molar-refractivity contribution in [2.45, 2.75) is 43.9 Å². The van der Waals surface area contributed by atoms with Crippen LogP contribution in [0.4, 0.5) is 26.2 Å². The summed E-state index contributed by atoms with van der Waals surface area (Å²) < 4.78 is 21.0. The van der Waals surface area contributed by atoms with Gasteiger partial charge in [0.1, 0.15) is 11.9 Å². The SMILES string of the molecule is O=C(Nc1ccc(Cl)cc1)N[C@@H]1CCCN(c2ccc(N3C[C@H]4CC[C@@H](C3)O4)cc2F)C1=O. The van der Waals surface area contributed by atoms with Gasteiger partial charge in [-0.2, -0.15) is 0 Å². The molecule has 0 saturated carbocycles. The van der Waals surface area contributed by atoms with E-state index in [1.165, 1.54) is 11.0 Å². The molecule has 0 radical (unpaired) electrons. The number of carbonyl (C=O) groups is 2. The van der Waals surface area contributed by atoms with E-state index in [2.05, 4.69) is 15.5 Å². The average Bonchev–Trinajstić information content (AvgIpc) is 3.14. The van der Waals surface area contributed by atoms with Crippen LogP contribution in [-0.4, -0.2) is 49.8 Å². The molecular weight excluding hydrogens is 447 g/mol. The first-order chi connectivity index (χ1) is 16.0. The molecule has 2 N–H and O–H groups in total. The number of morpholine rings is 1. The predicted octanol–water partition coefficient (Wildman–Crippen LogP) is 4.16. The quantitative estimate of drug-likeness (QED) is 0.700. The molecule has 2 bridgehead atoms. The number of nitrogens with zero attached hydrogens (tertiary/aromatic N) is 2. The van der Waals surface area contributed by atoms with Gasteiger partial charge in [-0.3, -0.25) is 4.79 Å². The lowest BCUT2D eigenvalue weighted by molar-refractivity contribution is -0.121. The van der Waals surface area contributed by atoms with E-state index in [-0.39, 0.29) is 23.8 Å². The summed E-state index contributed by atoms with van der Waals surface area (Å²) in [5.41, 5.74) is 1.61. The number of amides is 3. The van der Waals surface area contributed by atoms with Crippen molar-refractivity contribution in [2.75, 3.05) is 34.8 Å². The molecule has 9 heteroatoms. The van der Waals surface area contributed by atoms with Gasteiger partial charge in [0.25, 0.3) is 0 Å². The molecule has 3 saturated heterocycles. The Labute approximate surface area is 196 Å². The van der Waals surface area contributed by atoms with E-state index < -0.39 is 17.9 Å². The van der Waals surface area contributed by atoms with Crippen LogP contribution in [0.5, 0.6) is 0 Å². The summed E-state index contributed by atoms with van der Waals surface area (Å²) in [6.45, 7) is 1.92. The van der Waals surface area contributed by atoms with Gasteiger partial charge in [-0.1, -0.05) is 11.6 Å². The topological polar surface area (TPSA) is 73.9 Å². The molecule has 33 heavy (non-hydrogen) atoms. The lowest BCUT2D eigenvalue weighted by Gasteiger charge is -2.35. The van der Waals surface area contributed by atoms with Crippen LogP contribution in [0.1, 0.15) is 25.7 Å². The fourth-order valence-electron chi connectivity index (χ4n) is 4.84. The minimum absolute atomic E-state index is 0.209. The van der Waals surface area contributed by atoms with Gasteiger partial charge in [0.05, 0.1) is 17.9 Å². The zero-order chi connectivity index (χ0) is 22.9. The van der Waals surface area contributed by atoms with Gasteiger partial charge in [-0.25, -0.2) is 9.18 Å². The molecule has 3 aliphatic rings. The van der Waals surface area contributed by atoms with Gasteiger partial charge in [0.15, 0.2) is 0 Å².